The number of hydrogen-bond donors (Lipinski definition) is 2. The lowest BCUT2D eigenvalue weighted by Crippen LogP contribution is -2.14. The van der Waals surface area contributed by atoms with Gasteiger partial charge in [0.25, 0.3) is 0 Å². The lowest BCUT2D eigenvalue weighted by atomic mass is 10.3. The van der Waals surface area contributed by atoms with E-state index in [1.165, 1.54) is 12.1 Å². The molecule has 1 aromatic rings. The quantitative estimate of drug-likeness (QED) is 0.265. The van der Waals surface area contributed by atoms with Crippen molar-refractivity contribution in [2.24, 2.45) is 10.9 Å². The van der Waals surface area contributed by atoms with Crippen LogP contribution in [0.4, 0.5) is 4.39 Å². The highest BCUT2D eigenvalue weighted by atomic mass is 19.1. The van der Waals surface area contributed by atoms with Crippen LogP contribution in [-0.2, 0) is 0 Å². The van der Waals surface area contributed by atoms with Crippen molar-refractivity contribution in [2.75, 3.05) is 0 Å². The number of nitrogens with two attached hydrogens (primary N) is 1. The van der Waals surface area contributed by atoms with Crippen LogP contribution in [0.3, 0.4) is 0 Å². The topological polar surface area (TPSA) is 71.5 Å². The molecule has 1 heterocycles. The Morgan fingerprint density at radius 3 is 2.82 bits per heavy atom. The zero-order valence-corrected chi connectivity index (χ0v) is 5.53. The molecule has 0 atom stereocenters. The fourth-order valence-corrected chi connectivity index (χ4v) is 0.579. The average molecular weight is 155 g/mol. The molecule has 0 spiro atoms. The first-order valence-corrected chi connectivity index (χ1v) is 2.83. The first-order chi connectivity index (χ1) is 5.24. The number of aromatic nitrogens is 1. The molecule has 0 aromatic carbocycles. The molecule has 3 N–H and O–H groups in total. The summed E-state index contributed by atoms with van der Waals surface area (Å²) in [7, 11) is 0. The monoisotopic (exact) mass is 155 g/mol. The minimum absolute atomic E-state index is 0.134. The largest absolute Gasteiger partial charge is 0.409 e. The number of nitrogens with zero attached hydrogens (tertiary/aromatic N) is 2. The van der Waals surface area contributed by atoms with Crippen molar-refractivity contribution in [1.29, 1.82) is 0 Å². The highest BCUT2D eigenvalue weighted by Gasteiger charge is 1.98. The van der Waals surface area contributed by atoms with Crippen LogP contribution >= 0.6 is 0 Å². The van der Waals surface area contributed by atoms with Crippen LogP contribution in [0, 0.1) is 5.82 Å². The van der Waals surface area contributed by atoms with Gasteiger partial charge in [-0.1, -0.05) is 5.16 Å². The van der Waals surface area contributed by atoms with Crippen LogP contribution in [-0.4, -0.2) is 16.0 Å². The summed E-state index contributed by atoms with van der Waals surface area (Å²) in [6.07, 6.45) is 0.993. The van der Waals surface area contributed by atoms with E-state index in [9.17, 15) is 4.39 Å². The van der Waals surface area contributed by atoms with E-state index >= 15 is 0 Å². The van der Waals surface area contributed by atoms with Gasteiger partial charge in [0.15, 0.2) is 5.84 Å². The van der Waals surface area contributed by atoms with Crippen molar-refractivity contribution in [1.82, 2.24) is 4.98 Å². The summed E-state index contributed by atoms with van der Waals surface area (Å²) in [4.78, 5) is 3.56. The Kier molecular flexibility index (Phi) is 2.00. The number of pyridine rings is 1. The predicted molar refractivity (Wildman–Crippen MR) is 36.7 cm³/mol. The molecule has 1 rings (SSSR count). The summed E-state index contributed by atoms with van der Waals surface area (Å²) in [5.41, 5.74) is 5.40. The molecule has 0 fully saturated rings. The molecule has 0 amide bonds. The van der Waals surface area contributed by atoms with Crippen molar-refractivity contribution < 1.29 is 9.60 Å². The Morgan fingerprint density at radius 1 is 1.64 bits per heavy atom. The van der Waals surface area contributed by atoms with Gasteiger partial charge in [-0.2, -0.15) is 0 Å². The number of oxime groups is 1. The van der Waals surface area contributed by atoms with Gasteiger partial charge in [0.1, 0.15) is 11.5 Å². The van der Waals surface area contributed by atoms with Gasteiger partial charge >= 0.3 is 0 Å². The van der Waals surface area contributed by atoms with Gasteiger partial charge in [-0.05, 0) is 12.1 Å². The van der Waals surface area contributed by atoms with Crippen LogP contribution in [0.25, 0.3) is 0 Å². The van der Waals surface area contributed by atoms with Gasteiger partial charge in [0.05, 0.1) is 6.20 Å². The Bertz CT molecular complexity index is 270. The second-order valence-electron chi connectivity index (χ2n) is 1.85. The molecule has 58 valence electrons. The maximum atomic E-state index is 12.2. The molecule has 0 aliphatic heterocycles. The van der Waals surface area contributed by atoms with Crippen LogP contribution < -0.4 is 5.73 Å². The Morgan fingerprint density at radius 2 is 2.36 bits per heavy atom. The standard InChI is InChI=1S/C6H6FN3O/c7-4-1-2-5(9-3-4)6(8)10-11/h1-3,11H,(H2,8,10). The summed E-state index contributed by atoms with van der Waals surface area (Å²) in [6.45, 7) is 0. The lowest BCUT2D eigenvalue weighted by molar-refractivity contribution is 0.318. The van der Waals surface area contributed by atoms with Gasteiger partial charge in [0, 0.05) is 0 Å². The molecule has 0 saturated carbocycles. The summed E-state index contributed by atoms with van der Waals surface area (Å²) < 4.78 is 12.2. The molecule has 0 bridgehead atoms. The molecule has 11 heavy (non-hydrogen) atoms. The minimum atomic E-state index is -0.459. The van der Waals surface area contributed by atoms with Gasteiger partial charge in [-0.25, -0.2) is 9.37 Å². The number of rotatable bonds is 1. The summed E-state index contributed by atoms with van der Waals surface area (Å²) in [5.74, 6) is -0.593. The van der Waals surface area contributed by atoms with Crippen LogP contribution in [0.15, 0.2) is 23.5 Å². The number of amidine groups is 1. The molecule has 5 heteroatoms. The molecular weight excluding hydrogens is 149 g/mol. The second kappa shape index (κ2) is 2.96. The fraction of sp³-hybridized carbons (Fsp3) is 0. The molecule has 1 aromatic heterocycles. The average Bonchev–Trinajstić information content (AvgIpc) is 2.05. The third-order valence-electron chi connectivity index (χ3n) is 1.10. The van der Waals surface area contributed by atoms with E-state index in [1.807, 2.05) is 0 Å². The number of halogens is 1. The summed E-state index contributed by atoms with van der Waals surface area (Å²) >= 11 is 0. The molecule has 0 unspecified atom stereocenters. The normalized spacial score (nSPS) is 11.5. The van der Waals surface area contributed by atoms with Crippen LogP contribution in [0.5, 0.6) is 0 Å². The van der Waals surface area contributed by atoms with E-state index in [1.54, 1.807) is 0 Å². The maximum Gasteiger partial charge on any atom is 0.188 e. The highest BCUT2D eigenvalue weighted by molar-refractivity contribution is 5.94. The zero-order chi connectivity index (χ0) is 8.27. The van der Waals surface area contributed by atoms with Crippen molar-refractivity contribution >= 4 is 5.84 Å². The van der Waals surface area contributed by atoms with Crippen molar-refractivity contribution in [3.05, 3.63) is 29.8 Å². The first kappa shape index (κ1) is 7.46. The minimum Gasteiger partial charge on any atom is -0.409 e. The summed E-state index contributed by atoms with van der Waals surface area (Å²) in [5, 5.41) is 10.9. The van der Waals surface area contributed by atoms with E-state index < -0.39 is 5.82 Å². The first-order valence-electron chi connectivity index (χ1n) is 2.83. The second-order valence-corrected chi connectivity index (χ2v) is 1.85. The molecular formula is C6H6FN3O. The third-order valence-corrected chi connectivity index (χ3v) is 1.10. The van der Waals surface area contributed by atoms with Crippen LogP contribution in [0.1, 0.15) is 5.69 Å². The van der Waals surface area contributed by atoms with E-state index in [2.05, 4.69) is 10.1 Å². The zero-order valence-electron chi connectivity index (χ0n) is 5.53. The van der Waals surface area contributed by atoms with Crippen LogP contribution in [0.2, 0.25) is 0 Å². The number of hydrogen-bond acceptors (Lipinski definition) is 3. The predicted octanol–water partition coefficient (Wildman–Crippen LogP) is 0.315. The van der Waals surface area contributed by atoms with Crippen molar-refractivity contribution in [2.45, 2.75) is 0 Å². The van der Waals surface area contributed by atoms with Gasteiger partial charge in [-0.15, -0.1) is 0 Å². The highest BCUT2D eigenvalue weighted by Crippen LogP contribution is 1.96. The molecule has 0 saturated heterocycles. The smallest absolute Gasteiger partial charge is 0.188 e. The molecule has 0 radical (unpaired) electrons. The third kappa shape index (κ3) is 1.64. The molecule has 4 nitrogen and oxygen atoms in total. The Balaban J connectivity index is 2.99. The summed E-state index contributed by atoms with van der Waals surface area (Å²) in [6, 6.07) is 2.50. The van der Waals surface area contributed by atoms with Crippen molar-refractivity contribution in [3.8, 4) is 0 Å². The van der Waals surface area contributed by atoms with E-state index in [0.717, 1.165) is 6.20 Å². The van der Waals surface area contributed by atoms with E-state index in [4.69, 9.17) is 10.9 Å². The van der Waals surface area contributed by atoms with E-state index in [0.29, 0.717) is 0 Å². The molecule has 0 aliphatic rings. The van der Waals surface area contributed by atoms with Gasteiger partial charge in [0.2, 0.25) is 0 Å². The fourth-order valence-electron chi connectivity index (χ4n) is 0.579. The lowest BCUT2D eigenvalue weighted by Gasteiger charge is -1.94. The Labute approximate surface area is 62.2 Å². The van der Waals surface area contributed by atoms with Gasteiger partial charge in [-0.3, -0.25) is 0 Å². The van der Waals surface area contributed by atoms with Gasteiger partial charge < -0.3 is 10.9 Å². The van der Waals surface area contributed by atoms with Crippen molar-refractivity contribution in [3.63, 3.8) is 0 Å². The Hall–Kier alpha value is -1.65. The maximum absolute atomic E-state index is 12.2. The molecule has 0 aliphatic carbocycles. The van der Waals surface area contributed by atoms with E-state index in [-0.39, 0.29) is 11.5 Å². The SMILES string of the molecule is NC(=NO)c1ccc(F)cn1.